The summed E-state index contributed by atoms with van der Waals surface area (Å²) in [6.07, 6.45) is 1.34. The van der Waals surface area contributed by atoms with Crippen molar-refractivity contribution in [2.45, 2.75) is 0 Å². The van der Waals surface area contributed by atoms with Crippen molar-refractivity contribution in [3.8, 4) is 0 Å². The van der Waals surface area contributed by atoms with Gasteiger partial charge in [0.05, 0.1) is 5.04 Å². The van der Waals surface area contributed by atoms with Gasteiger partial charge in [0.2, 0.25) is 0 Å². The second kappa shape index (κ2) is 3.43. The van der Waals surface area contributed by atoms with Crippen molar-refractivity contribution in [1.29, 1.82) is 0 Å². The largest absolute Gasteiger partial charge is 0.271 e. The standard InChI is InChI=1S/C10H6N2OS2/c13-9-8-6(7-2-1-3-14-7)4-15-10(8)12-5-11-9/h1-5,8H. The summed E-state index contributed by atoms with van der Waals surface area (Å²) in [7, 11) is 0. The van der Waals surface area contributed by atoms with Gasteiger partial charge in [-0.3, -0.25) is 4.79 Å². The zero-order chi connectivity index (χ0) is 10.3. The van der Waals surface area contributed by atoms with Crippen molar-refractivity contribution in [2.24, 2.45) is 15.9 Å². The SMILES string of the molecule is O=C1N=CN=C2SC=C(c3cccs3)C12. The molecule has 5 heteroatoms. The Kier molecular flexibility index (Phi) is 2.07. The van der Waals surface area contributed by atoms with Gasteiger partial charge in [-0.1, -0.05) is 17.8 Å². The summed E-state index contributed by atoms with van der Waals surface area (Å²) in [6.45, 7) is 0. The summed E-state index contributed by atoms with van der Waals surface area (Å²) >= 11 is 3.16. The number of hydrogen-bond acceptors (Lipinski definition) is 4. The predicted octanol–water partition coefficient (Wildman–Crippen LogP) is 2.42. The second-order valence-corrected chi connectivity index (χ2v) is 4.99. The maximum atomic E-state index is 11.7. The van der Waals surface area contributed by atoms with Gasteiger partial charge in [0.1, 0.15) is 12.3 Å². The summed E-state index contributed by atoms with van der Waals surface area (Å²) in [4.78, 5) is 20.6. The van der Waals surface area contributed by atoms with Gasteiger partial charge in [-0.2, -0.15) is 0 Å². The number of hydrogen-bond donors (Lipinski definition) is 0. The van der Waals surface area contributed by atoms with Crippen LogP contribution in [0.3, 0.4) is 0 Å². The normalized spacial score (nSPS) is 23.7. The fourth-order valence-corrected chi connectivity index (χ4v) is 3.43. The Hall–Kier alpha value is -1.20. The highest BCUT2D eigenvalue weighted by molar-refractivity contribution is 8.17. The number of aliphatic imine (C=N–C) groups is 2. The summed E-state index contributed by atoms with van der Waals surface area (Å²) in [5, 5.41) is 4.85. The lowest BCUT2D eigenvalue weighted by atomic mass is 9.99. The lowest BCUT2D eigenvalue weighted by molar-refractivity contribution is -0.118. The van der Waals surface area contributed by atoms with Crippen LogP contribution in [0.15, 0.2) is 32.9 Å². The van der Waals surface area contributed by atoms with Crippen LogP contribution in [-0.4, -0.2) is 17.3 Å². The number of thiophene rings is 1. The number of amides is 1. The molecule has 0 fully saturated rings. The molecule has 15 heavy (non-hydrogen) atoms. The van der Waals surface area contributed by atoms with Crippen LogP contribution < -0.4 is 0 Å². The minimum atomic E-state index is -0.251. The Morgan fingerprint density at radius 3 is 3.13 bits per heavy atom. The van der Waals surface area contributed by atoms with Crippen molar-refractivity contribution >= 4 is 46.0 Å². The molecule has 0 N–H and O–H groups in total. The van der Waals surface area contributed by atoms with Crippen LogP contribution in [0, 0.1) is 5.92 Å². The van der Waals surface area contributed by atoms with Gasteiger partial charge in [0, 0.05) is 4.88 Å². The summed E-state index contributed by atoms with van der Waals surface area (Å²) in [6, 6.07) is 4.00. The van der Waals surface area contributed by atoms with E-state index in [1.54, 1.807) is 11.3 Å². The summed E-state index contributed by atoms with van der Waals surface area (Å²) in [5.41, 5.74) is 1.04. The van der Waals surface area contributed by atoms with Gasteiger partial charge in [-0.15, -0.1) is 11.3 Å². The number of nitrogens with zero attached hydrogens (tertiary/aromatic N) is 2. The Morgan fingerprint density at radius 2 is 2.33 bits per heavy atom. The predicted molar refractivity (Wildman–Crippen MR) is 64.3 cm³/mol. The fourth-order valence-electron chi connectivity index (χ4n) is 1.60. The highest BCUT2D eigenvalue weighted by atomic mass is 32.2. The minimum Gasteiger partial charge on any atom is -0.271 e. The van der Waals surface area contributed by atoms with Crippen molar-refractivity contribution in [1.82, 2.24) is 0 Å². The molecule has 74 valence electrons. The van der Waals surface area contributed by atoms with Crippen molar-refractivity contribution < 1.29 is 4.79 Å². The molecular weight excluding hydrogens is 228 g/mol. The minimum absolute atomic E-state index is 0.107. The average molecular weight is 234 g/mol. The molecule has 0 saturated carbocycles. The molecule has 1 aromatic heterocycles. The number of carbonyl (C=O) groups is 1. The van der Waals surface area contributed by atoms with Crippen LogP contribution in [0.4, 0.5) is 0 Å². The third-order valence-corrected chi connectivity index (χ3v) is 4.16. The number of thioether (sulfide) groups is 1. The van der Waals surface area contributed by atoms with Crippen LogP contribution in [0.1, 0.15) is 4.88 Å². The molecule has 1 atom stereocenters. The van der Waals surface area contributed by atoms with Crippen LogP contribution >= 0.6 is 23.1 Å². The third kappa shape index (κ3) is 1.39. The number of rotatable bonds is 1. The molecule has 2 aliphatic rings. The fraction of sp³-hybridized carbons (Fsp3) is 0.100. The van der Waals surface area contributed by atoms with Crippen molar-refractivity contribution in [2.75, 3.05) is 0 Å². The quantitative estimate of drug-likeness (QED) is 0.748. The molecule has 3 rings (SSSR count). The van der Waals surface area contributed by atoms with Gasteiger partial charge in [0.25, 0.3) is 5.91 Å². The first-order valence-electron chi connectivity index (χ1n) is 4.41. The van der Waals surface area contributed by atoms with Crippen LogP contribution in [0.2, 0.25) is 0 Å². The second-order valence-electron chi connectivity index (χ2n) is 3.15. The van der Waals surface area contributed by atoms with E-state index in [9.17, 15) is 4.79 Å². The van der Waals surface area contributed by atoms with E-state index in [0.29, 0.717) is 0 Å². The van der Waals surface area contributed by atoms with Gasteiger partial charge in [-0.05, 0) is 22.4 Å². The molecule has 2 aliphatic heterocycles. The third-order valence-electron chi connectivity index (χ3n) is 2.29. The molecule has 0 spiro atoms. The van der Waals surface area contributed by atoms with Gasteiger partial charge in [0.15, 0.2) is 0 Å². The smallest absolute Gasteiger partial charge is 0.261 e. The van der Waals surface area contributed by atoms with E-state index in [4.69, 9.17) is 0 Å². The molecule has 1 aromatic rings. The van der Waals surface area contributed by atoms with Crippen LogP contribution in [0.5, 0.6) is 0 Å². The Balaban J connectivity index is 2.04. The number of fused-ring (bicyclic) bond motifs is 1. The first-order valence-corrected chi connectivity index (χ1v) is 6.17. The Morgan fingerprint density at radius 1 is 1.40 bits per heavy atom. The van der Waals surface area contributed by atoms with E-state index in [-0.39, 0.29) is 11.8 Å². The number of carbonyl (C=O) groups excluding carboxylic acids is 1. The van der Waals surface area contributed by atoms with Crippen LogP contribution in [-0.2, 0) is 4.79 Å². The van der Waals surface area contributed by atoms with E-state index < -0.39 is 0 Å². The highest BCUT2D eigenvalue weighted by Crippen LogP contribution is 2.40. The van der Waals surface area contributed by atoms with E-state index in [1.807, 2.05) is 22.9 Å². The summed E-state index contributed by atoms with van der Waals surface area (Å²) in [5.74, 6) is -0.358. The lowest BCUT2D eigenvalue weighted by Gasteiger charge is -2.12. The van der Waals surface area contributed by atoms with Crippen LogP contribution in [0.25, 0.3) is 5.57 Å². The van der Waals surface area contributed by atoms with E-state index in [2.05, 4.69) is 9.98 Å². The summed E-state index contributed by atoms with van der Waals surface area (Å²) < 4.78 is 0. The Labute approximate surface area is 94.6 Å². The first-order chi connectivity index (χ1) is 7.36. The molecule has 1 amide bonds. The maximum absolute atomic E-state index is 11.7. The molecule has 3 heterocycles. The van der Waals surface area contributed by atoms with Crippen molar-refractivity contribution in [3.63, 3.8) is 0 Å². The van der Waals surface area contributed by atoms with Gasteiger partial charge < -0.3 is 0 Å². The van der Waals surface area contributed by atoms with Crippen molar-refractivity contribution in [3.05, 3.63) is 27.8 Å². The zero-order valence-corrected chi connectivity index (χ0v) is 9.22. The molecule has 0 radical (unpaired) electrons. The van der Waals surface area contributed by atoms with Gasteiger partial charge >= 0.3 is 0 Å². The molecular formula is C10H6N2OS2. The zero-order valence-electron chi connectivity index (χ0n) is 7.58. The molecule has 0 aliphatic carbocycles. The Bertz CT molecular complexity index is 500. The van der Waals surface area contributed by atoms with E-state index in [1.165, 1.54) is 18.1 Å². The molecule has 1 unspecified atom stereocenters. The molecule has 0 aromatic carbocycles. The molecule has 0 saturated heterocycles. The monoisotopic (exact) mass is 234 g/mol. The maximum Gasteiger partial charge on any atom is 0.261 e. The molecule has 3 nitrogen and oxygen atoms in total. The topological polar surface area (TPSA) is 41.8 Å². The highest BCUT2D eigenvalue weighted by Gasteiger charge is 2.35. The van der Waals surface area contributed by atoms with E-state index >= 15 is 0 Å². The average Bonchev–Trinajstić information content (AvgIpc) is 2.85. The lowest BCUT2D eigenvalue weighted by Crippen LogP contribution is -2.21. The van der Waals surface area contributed by atoms with E-state index in [0.717, 1.165) is 15.5 Å². The molecule has 0 bridgehead atoms. The van der Waals surface area contributed by atoms with Gasteiger partial charge in [-0.25, -0.2) is 9.98 Å². The first kappa shape index (κ1) is 9.06.